The first-order valence-corrected chi connectivity index (χ1v) is 2.41. The topological polar surface area (TPSA) is 51.0 Å². The quantitative estimate of drug-likeness (QED) is 0.303. The molecule has 0 spiro atoms. The lowest BCUT2D eigenvalue weighted by Gasteiger charge is -2.10. The van der Waals surface area contributed by atoms with Gasteiger partial charge in [0.1, 0.15) is 0 Å². The standard InChI is InChI=1S/C3F6N2O2/c4-2(5,6)1(3(7,8)9)10-13-11-12. The maximum Gasteiger partial charge on any atom is 0.441 e. The van der Waals surface area contributed by atoms with Gasteiger partial charge in [-0.1, -0.05) is 0 Å². The van der Waals surface area contributed by atoms with E-state index < -0.39 is 18.1 Å². The molecular formula is C3F6N2O2. The van der Waals surface area contributed by atoms with Gasteiger partial charge in [-0.05, 0) is 5.16 Å². The summed E-state index contributed by atoms with van der Waals surface area (Å²) in [7, 11) is 0. The number of hydrogen-bond acceptors (Lipinski definition) is 4. The Balaban J connectivity index is 4.88. The highest BCUT2D eigenvalue weighted by Crippen LogP contribution is 2.30. The lowest BCUT2D eigenvalue weighted by molar-refractivity contribution is -0.122. The minimum atomic E-state index is -5.75. The van der Waals surface area contributed by atoms with Crippen molar-refractivity contribution in [2.45, 2.75) is 12.4 Å². The van der Waals surface area contributed by atoms with E-state index in [2.05, 4.69) is 4.94 Å². The van der Waals surface area contributed by atoms with Crippen molar-refractivity contribution in [1.29, 1.82) is 0 Å². The second-order valence-electron chi connectivity index (χ2n) is 1.59. The number of hydrogen-bond donors (Lipinski definition) is 0. The van der Waals surface area contributed by atoms with Gasteiger partial charge in [0.15, 0.2) is 5.34 Å². The van der Waals surface area contributed by atoms with Gasteiger partial charge < -0.3 is 0 Å². The van der Waals surface area contributed by atoms with Crippen LogP contribution in [0.3, 0.4) is 0 Å². The van der Waals surface area contributed by atoms with Crippen molar-refractivity contribution in [2.75, 3.05) is 0 Å². The highest BCUT2D eigenvalue weighted by atomic mass is 19.4. The van der Waals surface area contributed by atoms with Crippen LogP contribution in [-0.4, -0.2) is 18.1 Å². The largest absolute Gasteiger partial charge is 0.441 e. The molecule has 76 valence electrons. The second kappa shape index (κ2) is 3.58. The predicted molar refractivity (Wildman–Crippen MR) is 26.4 cm³/mol. The number of alkyl halides is 6. The molecule has 0 atom stereocenters. The summed E-state index contributed by atoms with van der Waals surface area (Å²) >= 11 is 0. The van der Waals surface area contributed by atoms with E-state index in [4.69, 9.17) is 4.91 Å². The van der Waals surface area contributed by atoms with Gasteiger partial charge in [0.25, 0.3) is 5.71 Å². The van der Waals surface area contributed by atoms with E-state index in [1.165, 1.54) is 10.5 Å². The van der Waals surface area contributed by atoms with E-state index in [9.17, 15) is 26.3 Å². The van der Waals surface area contributed by atoms with Crippen LogP contribution in [0.1, 0.15) is 0 Å². The molecule has 10 heteroatoms. The Labute approximate surface area is 66.1 Å². The van der Waals surface area contributed by atoms with Crippen LogP contribution < -0.4 is 0 Å². The van der Waals surface area contributed by atoms with Crippen LogP contribution in [0.2, 0.25) is 0 Å². The minimum absolute atomic E-state index is 1.27. The molecule has 0 bridgehead atoms. The molecule has 0 radical (unpaired) electrons. The number of nitrogens with zero attached hydrogens (tertiary/aromatic N) is 2. The van der Waals surface area contributed by atoms with E-state index in [-0.39, 0.29) is 0 Å². The molecule has 0 aliphatic rings. The number of rotatable bonds is 2. The summed E-state index contributed by atoms with van der Waals surface area (Å²) in [4.78, 5) is 11.8. The molecule has 0 aliphatic carbocycles. The SMILES string of the molecule is O=NON=C(C(F)(F)F)C(F)(F)F. The van der Waals surface area contributed by atoms with Gasteiger partial charge in [-0.25, -0.2) is 4.94 Å². The first kappa shape index (κ1) is 11.6. The van der Waals surface area contributed by atoms with E-state index in [0.29, 0.717) is 0 Å². The number of oxime groups is 1. The molecule has 0 aromatic carbocycles. The Morgan fingerprint density at radius 1 is 1.00 bits per heavy atom. The first-order chi connectivity index (χ1) is 5.69. The lowest BCUT2D eigenvalue weighted by atomic mass is 10.3. The Bertz CT molecular complexity index is 201. The molecule has 0 amide bonds. The van der Waals surface area contributed by atoms with E-state index in [0.717, 1.165) is 0 Å². The van der Waals surface area contributed by atoms with Gasteiger partial charge >= 0.3 is 12.4 Å². The summed E-state index contributed by atoms with van der Waals surface area (Å²) in [5.41, 5.74) is -3.18. The first-order valence-electron chi connectivity index (χ1n) is 2.41. The Morgan fingerprint density at radius 2 is 1.38 bits per heavy atom. The fourth-order valence-corrected chi connectivity index (χ4v) is 0.322. The minimum Gasteiger partial charge on any atom is -0.205 e. The summed E-state index contributed by atoms with van der Waals surface area (Å²) in [6, 6.07) is 0. The summed E-state index contributed by atoms with van der Waals surface area (Å²) < 4.78 is 68.8. The lowest BCUT2D eigenvalue weighted by Crippen LogP contribution is -2.37. The fourth-order valence-electron chi connectivity index (χ4n) is 0.322. The molecule has 0 rings (SSSR count). The highest BCUT2D eigenvalue weighted by Gasteiger charge is 2.54. The Kier molecular flexibility index (Phi) is 3.21. The van der Waals surface area contributed by atoms with Gasteiger partial charge in [-0.3, -0.25) is 0 Å². The molecule has 0 fully saturated rings. The molecule has 4 nitrogen and oxygen atoms in total. The monoisotopic (exact) mass is 210 g/mol. The van der Waals surface area contributed by atoms with Crippen molar-refractivity contribution in [3.63, 3.8) is 0 Å². The van der Waals surface area contributed by atoms with Crippen LogP contribution in [0.15, 0.2) is 10.5 Å². The molecular weight excluding hydrogens is 210 g/mol. The van der Waals surface area contributed by atoms with Crippen LogP contribution >= 0.6 is 0 Å². The molecule has 0 heterocycles. The van der Waals surface area contributed by atoms with Gasteiger partial charge in [0, 0.05) is 0 Å². The summed E-state index contributed by atoms with van der Waals surface area (Å²) in [6.45, 7) is 0. The molecule has 0 unspecified atom stereocenters. The van der Waals surface area contributed by atoms with E-state index in [1.54, 1.807) is 0 Å². The van der Waals surface area contributed by atoms with Crippen molar-refractivity contribution >= 4 is 5.71 Å². The van der Waals surface area contributed by atoms with Crippen molar-refractivity contribution in [3.05, 3.63) is 4.91 Å². The van der Waals surface area contributed by atoms with Crippen LogP contribution in [0.25, 0.3) is 0 Å². The average molecular weight is 210 g/mol. The summed E-state index contributed by atoms with van der Waals surface area (Å²) in [5.74, 6) is 0. The molecule has 0 aliphatic heterocycles. The maximum atomic E-state index is 11.5. The predicted octanol–water partition coefficient (Wildman–Crippen LogP) is 2.17. The normalized spacial score (nSPS) is 12.2. The molecule has 0 N–H and O–H groups in total. The smallest absolute Gasteiger partial charge is 0.205 e. The average Bonchev–Trinajstić information content (AvgIpc) is 1.81. The summed E-state index contributed by atoms with van der Waals surface area (Å²) in [6.07, 6.45) is -11.5. The fraction of sp³-hybridized carbons (Fsp3) is 0.667. The third-order valence-electron chi connectivity index (χ3n) is 0.702. The van der Waals surface area contributed by atoms with Crippen molar-refractivity contribution in [2.24, 2.45) is 10.5 Å². The zero-order valence-corrected chi connectivity index (χ0v) is 5.48. The van der Waals surface area contributed by atoms with Crippen LogP contribution in [0.5, 0.6) is 0 Å². The van der Waals surface area contributed by atoms with Crippen LogP contribution in [0, 0.1) is 4.91 Å². The second-order valence-corrected chi connectivity index (χ2v) is 1.59. The molecule has 0 saturated heterocycles. The zero-order valence-electron chi connectivity index (χ0n) is 5.48. The molecule has 13 heavy (non-hydrogen) atoms. The number of halogens is 6. The molecule has 0 saturated carbocycles. The zero-order chi connectivity index (χ0) is 10.7. The third-order valence-corrected chi connectivity index (χ3v) is 0.702. The van der Waals surface area contributed by atoms with Gasteiger partial charge in [0.05, 0.1) is 0 Å². The maximum absolute atomic E-state index is 11.5. The summed E-state index contributed by atoms with van der Waals surface area (Å²) in [5, 5.41) is 2.74. The van der Waals surface area contributed by atoms with E-state index in [1.807, 2.05) is 0 Å². The van der Waals surface area contributed by atoms with Crippen molar-refractivity contribution < 1.29 is 31.3 Å². The molecule has 0 aromatic heterocycles. The molecule has 0 aromatic rings. The Morgan fingerprint density at radius 3 is 1.62 bits per heavy atom. The van der Waals surface area contributed by atoms with Crippen LogP contribution in [-0.2, 0) is 4.94 Å². The van der Waals surface area contributed by atoms with Crippen LogP contribution in [0.4, 0.5) is 26.3 Å². The van der Waals surface area contributed by atoms with Gasteiger partial charge in [-0.2, -0.15) is 26.3 Å². The van der Waals surface area contributed by atoms with Gasteiger partial charge in [0.2, 0.25) is 0 Å². The Hall–Kier alpha value is -1.35. The van der Waals surface area contributed by atoms with Crippen molar-refractivity contribution in [1.82, 2.24) is 0 Å². The van der Waals surface area contributed by atoms with Crippen molar-refractivity contribution in [3.8, 4) is 0 Å². The third kappa shape index (κ3) is 3.71. The highest BCUT2D eigenvalue weighted by molar-refractivity contribution is 5.94. The van der Waals surface area contributed by atoms with Gasteiger partial charge in [-0.15, -0.1) is 4.91 Å². The van der Waals surface area contributed by atoms with E-state index >= 15 is 0 Å².